The van der Waals surface area contributed by atoms with Gasteiger partial charge in [-0.15, -0.1) is 0 Å². The molecule has 0 radical (unpaired) electrons. The van der Waals surface area contributed by atoms with Gasteiger partial charge in [0.1, 0.15) is 5.82 Å². The largest absolute Gasteiger partial charge is 0.318 e. The van der Waals surface area contributed by atoms with Crippen molar-refractivity contribution in [2.75, 3.05) is 5.75 Å². The summed E-state index contributed by atoms with van der Waals surface area (Å²) in [5, 5.41) is 0. The van der Waals surface area contributed by atoms with Crippen molar-refractivity contribution in [2.45, 2.75) is 50.8 Å². The summed E-state index contributed by atoms with van der Waals surface area (Å²) in [6.07, 6.45) is 5.29. The molecule has 1 fully saturated rings. The lowest BCUT2D eigenvalue weighted by molar-refractivity contribution is 0.625. The van der Waals surface area contributed by atoms with Crippen LogP contribution in [0.15, 0.2) is 58.4 Å². The molecule has 3 nitrogen and oxygen atoms in total. The molecule has 5 rings (SSSR count). The van der Waals surface area contributed by atoms with E-state index >= 15 is 0 Å². The molecule has 170 valence electrons. The van der Waals surface area contributed by atoms with Crippen molar-refractivity contribution >= 4 is 17.5 Å². The molecule has 0 N–H and O–H groups in total. The van der Waals surface area contributed by atoms with E-state index in [0.717, 1.165) is 69.9 Å². The number of hydrogen-bond acceptors (Lipinski definition) is 3. The maximum atomic E-state index is 14.2. The van der Waals surface area contributed by atoms with Crippen LogP contribution in [0.4, 0.5) is 4.39 Å². The maximum absolute atomic E-state index is 14.2. The van der Waals surface area contributed by atoms with Crippen LogP contribution in [0.5, 0.6) is 0 Å². The Kier molecular flexibility index (Phi) is 6.00. The fourth-order valence-corrected chi connectivity index (χ4v) is 5.54. The number of aromatic nitrogens is 1. The van der Waals surface area contributed by atoms with Crippen molar-refractivity contribution in [3.63, 3.8) is 0 Å². The molecule has 1 aliphatic heterocycles. The predicted octanol–water partition coefficient (Wildman–Crippen LogP) is 6.62. The molecular weight excluding hydrogens is 431 g/mol. The lowest BCUT2D eigenvalue weighted by Crippen LogP contribution is -2.17. The highest BCUT2D eigenvalue weighted by molar-refractivity contribution is 7.98. The molecule has 1 aliphatic carbocycles. The van der Waals surface area contributed by atoms with E-state index in [1.54, 1.807) is 23.7 Å². The highest BCUT2D eigenvalue weighted by atomic mass is 32.2. The number of aliphatic imine (C=N–C) groups is 1. The number of rotatable bonds is 6. The Morgan fingerprint density at radius 3 is 2.58 bits per heavy atom. The first-order chi connectivity index (χ1) is 16.0. The number of pyridine rings is 1. The van der Waals surface area contributed by atoms with E-state index in [0.29, 0.717) is 5.92 Å². The number of halogens is 1. The molecule has 1 aromatic heterocycles. The number of benzene rings is 2. The summed E-state index contributed by atoms with van der Waals surface area (Å²) in [6, 6.07) is 13.3. The minimum Gasteiger partial charge on any atom is -0.318 e. The van der Waals surface area contributed by atoms with E-state index in [1.165, 1.54) is 11.6 Å². The zero-order valence-electron chi connectivity index (χ0n) is 19.4. The van der Waals surface area contributed by atoms with Crippen molar-refractivity contribution in [3.05, 3.63) is 92.6 Å². The molecule has 1 saturated carbocycles. The minimum atomic E-state index is -0.197. The molecule has 2 aromatic carbocycles. The molecule has 2 heterocycles. The summed E-state index contributed by atoms with van der Waals surface area (Å²) >= 11 is 1.94. The monoisotopic (exact) mass is 460 g/mol. The Balaban J connectivity index is 1.73. The first-order valence-corrected chi connectivity index (χ1v) is 12.9. The molecule has 33 heavy (non-hydrogen) atoms. The second kappa shape index (κ2) is 8.94. The van der Waals surface area contributed by atoms with E-state index in [-0.39, 0.29) is 17.4 Å². The molecule has 0 unspecified atom stereocenters. The third kappa shape index (κ3) is 4.31. The van der Waals surface area contributed by atoms with Gasteiger partial charge in [0, 0.05) is 41.8 Å². The van der Waals surface area contributed by atoms with Crippen molar-refractivity contribution in [2.24, 2.45) is 12.0 Å². The van der Waals surface area contributed by atoms with Gasteiger partial charge in [0.25, 0.3) is 5.56 Å². The Hall–Kier alpha value is -2.66. The highest BCUT2D eigenvalue weighted by Gasteiger charge is 2.30. The minimum absolute atomic E-state index is 0.0316. The molecule has 0 bridgehead atoms. The van der Waals surface area contributed by atoms with Gasteiger partial charge in [0.15, 0.2) is 0 Å². The van der Waals surface area contributed by atoms with Gasteiger partial charge in [-0.05, 0) is 84.4 Å². The molecule has 0 amide bonds. The van der Waals surface area contributed by atoms with Crippen LogP contribution in [0.3, 0.4) is 0 Å². The zero-order valence-corrected chi connectivity index (χ0v) is 20.2. The molecule has 0 saturated heterocycles. The predicted molar refractivity (Wildman–Crippen MR) is 136 cm³/mol. The molecular formula is C28H29FN2OS. The van der Waals surface area contributed by atoms with Crippen molar-refractivity contribution in [3.8, 4) is 11.1 Å². The second-order valence-electron chi connectivity index (χ2n) is 9.18. The number of fused-ring (bicyclic) bond motifs is 3. The van der Waals surface area contributed by atoms with Gasteiger partial charge in [0.2, 0.25) is 0 Å². The summed E-state index contributed by atoms with van der Waals surface area (Å²) in [5.74, 6) is 2.29. The fraction of sp³-hybridized carbons (Fsp3) is 0.357. The van der Waals surface area contributed by atoms with Gasteiger partial charge in [0.05, 0.1) is 11.8 Å². The highest BCUT2D eigenvalue weighted by Crippen LogP contribution is 2.44. The Morgan fingerprint density at radius 2 is 1.82 bits per heavy atom. The number of aryl methyl sites for hydroxylation is 1. The average Bonchev–Trinajstić information content (AvgIpc) is 3.65. The van der Waals surface area contributed by atoms with Crippen LogP contribution in [0.25, 0.3) is 11.1 Å². The summed E-state index contributed by atoms with van der Waals surface area (Å²) in [5.41, 5.74) is 8.35. The molecule has 1 atom stereocenters. The van der Waals surface area contributed by atoms with Crippen LogP contribution in [-0.2, 0) is 12.8 Å². The van der Waals surface area contributed by atoms with Crippen LogP contribution in [-0.4, -0.2) is 16.0 Å². The van der Waals surface area contributed by atoms with E-state index in [4.69, 9.17) is 4.99 Å². The standard InChI is InChI=1S/C28H29FN2OS/c1-4-11-33-16-18-5-9-22-25(12-18)26-15-31(3)27(32)14-23(26)17(2)30-28(22)21-10-8-20(29)13-24(21)19-6-7-19/h5,8-10,12-15,17,19H,4,6-7,11,16H2,1-3H3/t17-/m0/s1. The quantitative estimate of drug-likeness (QED) is 0.387. The summed E-state index contributed by atoms with van der Waals surface area (Å²) in [6.45, 7) is 4.24. The molecule has 3 aromatic rings. The van der Waals surface area contributed by atoms with Gasteiger partial charge < -0.3 is 4.57 Å². The van der Waals surface area contributed by atoms with Gasteiger partial charge in [-0.1, -0.05) is 19.1 Å². The van der Waals surface area contributed by atoms with Crippen LogP contribution in [0.2, 0.25) is 0 Å². The fourth-order valence-electron chi connectivity index (χ4n) is 4.69. The third-order valence-electron chi connectivity index (χ3n) is 6.57. The van der Waals surface area contributed by atoms with Gasteiger partial charge in [-0.2, -0.15) is 11.8 Å². The Morgan fingerprint density at radius 1 is 1.03 bits per heavy atom. The molecule has 2 aliphatic rings. The van der Waals surface area contributed by atoms with Crippen molar-refractivity contribution in [1.29, 1.82) is 0 Å². The van der Waals surface area contributed by atoms with E-state index < -0.39 is 0 Å². The maximum Gasteiger partial charge on any atom is 0.250 e. The van der Waals surface area contributed by atoms with Crippen LogP contribution >= 0.6 is 11.8 Å². The van der Waals surface area contributed by atoms with E-state index in [2.05, 4.69) is 25.1 Å². The Bertz CT molecular complexity index is 1310. The van der Waals surface area contributed by atoms with E-state index in [1.807, 2.05) is 30.9 Å². The summed E-state index contributed by atoms with van der Waals surface area (Å²) in [7, 11) is 1.80. The first-order valence-electron chi connectivity index (χ1n) is 11.8. The third-order valence-corrected chi connectivity index (χ3v) is 7.80. The number of thioether (sulfide) groups is 1. The number of hydrogen-bond donors (Lipinski definition) is 0. The normalized spacial score (nSPS) is 17.2. The van der Waals surface area contributed by atoms with Gasteiger partial charge >= 0.3 is 0 Å². The lowest BCUT2D eigenvalue weighted by Gasteiger charge is -2.16. The summed E-state index contributed by atoms with van der Waals surface area (Å²) < 4.78 is 15.8. The number of nitrogens with zero attached hydrogens (tertiary/aromatic N) is 2. The van der Waals surface area contributed by atoms with Gasteiger partial charge in [-0.3, -0.25) is 9.79 Å². The van der Waals surface area contributed by atoms with Crippen molar-refractivity contribution in [1.82, 2.24) is 4.57 Å². The SMILES string of the molecule is CCCSCc1ccc2c(c1)-c1cn(C)c(=O)cc1[C@H](C)N=C2c1ccc(F)cc1C1CC1. The summed E-state index contributed by atoms with van der Waals surface area (Å²) in [4.78, 5) is 17.7. The van der Waals surface area contributed by atoms with Crippen LogP contribution in [0, 0.1) is 5.82 Å². The average molecular weight is 461 g/mol. The lowest BCUT2D eigenvalue weighted by atomic mass is 9.89. The first kappa shape index (κ1) is 22.1. The van der Waals surface area contributed by atoms with Gasteiger partial charge in [-0.25, -0.2) is 4.39 Å². The Labute approximate surface area is 198 Å². The van der Waals surface area contributed by atoms with Crippen LogP contribution < -0.4 is 5.56 Å². The topological polar surface area (TPSA) is 34.4 Å². The molecule has 5 heteroatoms. The van der Waals surface area contributed by atoms with Crippen molar-refractivity contribution < 1.29 is 4.39 Å². The molecule has 0 spiro atoms. The smallest absolute Gasteiger partial charge is 0.250 e. The van der Waals surface area contributed by atoms with Crippen LogP contribution in [0.1, 0.15) is 72.9 Å². The van der Waals surface area contributed by atoms with E-state index in [9.17, 15) is 9.18 Å². The second-order valence-corrected chi connectivity index (χ2v) is 10.3. The zero-order chi connectivity index (χ0) is 23.1.